The van der Waals surface area contributed by atoms with Crippen molar-refractivity contribution in [3.05, 3.63) is 138 Å². The molecule has 0 amide bonds. The highest BCUT2D eigenvalue weighted by atomic mass is 16.5. The quantitative estimate of drug-likeness (QED) is 0.237. The number of ether oxygens (including phenoxy) is 2. The van der Waals surface area contributed by atoms with Crippen LogP contribution in [0.25, 0.3) is 22.3 Å². The normalized spacial score (nSPS) is 10.7. The van der Waals surface area contributed by atoms with Crippen molar-refractivity contribution in [2.45, 2.75) is 20.1 Å². The van der Waals surface area contributed by atoms with Gasteiger partial charge in [-0.25, -0.2) is 0 Å². The van der Waals surface area contributed by atoms with Crippen molar-refractivity contribution in [2.24, 2.45) is 0 Å². The largest absolute Gasteiger partial charge is 0.485 e. The summed E-state index contributed by atoms with van der Waals surface area (Å²) in [5.41, 5.74) is 7.82. The van der Waals surface area contributed by atoms with E-state index < -0.39 is 0 Å². The van der Waals surface area contributed by atoms with Crippen molar-refractivity contribution < 1.29 is 9.47 Å². The second kappa shape index (κ2) is 10.7. The molecule has 0 aliphatic heterocycles. The Morgan fingerprint density at radius 1 is 0.571 bits per heavy atom. The highest BCUT2D eigenvalue weighted by Gasteiger charge is 2.13. The molecular weight excluding hydrogens is 430 g/mol. The number of aromatic nitrogens is 1. The molecule has 0 aliphatic rings. The number of aryl methyl sites for hydroxylation is 1. The summed E-state index contributed by atoms with van der Waals surface area (Å²) in [5.74, 6) is 1.43. The molecule has 0 spiro atoms. The first-order valence-corrected chi connectivity index (χ1v) is 11.8. The SMILES string of the molecule is Cc1ccc(-c2ccncc2-c2ccc(OCc3ccccc3)c(OCc3ccccc3)c2)cc1. The van der Waals surface area contributed by atoms with Gasteiger partial charge in [0.2, 0.25) is 0 Å². The molecule has 0 atom stereocenters. The van der Waals surface area contributed by atoms with Crippen molar-refractivity contribution in [3.8, 4) is 33.8 Å². The van der Waals surface area contributed by atoms with E-state index in [0.29, 0.717) is 24.7 Å². The lowest BCUT2D eigenvalue weighted by Crippen LogP contribution is -2.01. The second-order valence-corrected chi connectivity index (χ2v) is 8.50. The summed E-state index contributed by atoms with van der Waals surface area (Å²) >= 11 is 0. The minimum absolute atomic E-state index is 0.462. The molecule has 172 valence electrons. The Labute approximate surface area is 206 Å². The first-order valence-electron chi connectivity index (χ1n) is 11.8. The van der Waals surface area contributed by atoms with Gasteiger partial charge in [0, 0.05) is 18.0 Å². The molecule has 35 heavy (non-hydrogen) atoms. The van der Waals surface area contributed by atoms with Gasteiger partial charge in [-0.1, -0.05) is 96.6 Å². The van der Waals surface area contributed by atoms with E-state index in [-0.39, 0.29) is 0 Å². The predicted octanol–water partition coefficient (Wildman–Crippen LogP) is 7.88. The van der Waals surface area contributed by atoms with Crippen LogP contribution in [0.2, 0.25) is 0 Å². The fourth-order valence-electron chi connectivity index (χ4n) is 3.99. The Bertz CT molecular complexity index is 1380. The summed E-state index contributed by atoms with van der Waals surface area (Å²) in [5, 5.41) is 0. The topological polar surface area (TPSA) is 31.4 Å². The van der Waals surface area contributed by atoms with Gasteiger partial charge < -0.3 is 9.47 Å². The molecule has 0 unspecified atom stereocenters. The lowest BCUT2D eigenvalue weighted by molar-refractivity contribution is 0.256. The summed E-state index contributed by atoms with van der Waals surface area (Å²) in [6.07, 6.45) is 3.75. The van der Waals surface area contributed by atoms with E-state index in [4.69, 9.17) is 9.47 Å². The number of rotatable bonds is 8. The summed E-state index contributed by atoms with van der Waals surface area (Å²) in [6, 6.07) is 37.1. The average Bonchev–Trinajstić information content (AvgIpc) is 2.92. The number of hydrogen-bond acceptors (Lipinski definition) is 3. The zero-order chi connectivity index (χ0) is 23.9. The maximum atomic E-state index is 6.29. The molecule has 4 aromatic carbocycles. The van der Waals surface area contributed by atoms with Gasteiger partial charge in [-0.15, -0.1) is 0 Å². The van der Waals surface area contributed by atoms with Gasteiger partial charge in [0.1, 0.15) is 13.2 Å². The van der Waals surface area contributed by atoms with Crippen LogP contribution in [-0.2, 0) is 13.2 Å². The van der Waals surface area contributed by atoms with Crippen molar-refractivity contribution >= 4 is 0 Å². The van der Waals surface area contributed by atoms with E-state index in [1.54, 1.807) is 0 Å². The Hall–Kier alpha value is -4.37. The summed E-state index contributed by atoms with van der Waals surface area (Å²) < 4.78 is 12.5. The maximum Gasteiger partial charge on any atom is 0.162 e. The number of nitrogens with zero attached hydrogens (tertiary/aromatic N) is 1. The van der Waals surface area contributed by atoms with Gasteiger partial charge in [-0.3, -0.25) is 4.98 Å². The molecule has 1 heterocycles. The number of hydrogen-bond donors (Lipinski definition) is 0. The van der Waals surface area contributed by atoms with Crippen LogP contribution in [0.15, 0.2) is 122 Å². The lowest BCUT2D eigenvalue weighted by Gasteiger charge is -2.16. The van der Waals surface area contributed by atoms with Crippen LogP contribution in [-0.4, -0.2) is 4.98 Å². The van der Waals surface area contributed by atoms with E-state index in [1.807, 2.05) is 54.9 Å². The molecule has 3 nitrogen and oxygen atoms in total. The minimum atomic E-state index is 0.462. The lowest BCUT2D eigenvalue weighted by atomic mass is 9.96. The van der Waals surface area contributed by atoms with Crippen molar-refractivity contribution in [3.63, 3.8) is 0 Å². The van der Waals surface area contributed by atoms with E-state index in [0.717, 1.165) is 33.4 Å². The molecule has 0 saturated heterocycles. The van der Waals surface area contributed by atoms with Gasteiger partial charge in [0.05, 0.1) is 0 Å². The summed E-state index contributed by atoms with van der Waals surface area (Å²) in [7, 11) is 0. The van der Waals surface area contributed by atoms with E-state index in [1.165, 1.54) is 5.56 Å². The smallest absolute Gasteiger partial charge is 0.162 e. The van der Waals surface area contributed by atoms with Gasteiger partial charge >= 0.3 is 0 Å². The summed E-state index contributed by atoms with van der Waals surface area (Å²) in [6.45, 7) is 3.04. The standard InChI is InChI=1S/C32H27NO2/c1-24-12-14-27(15-13-24)29-18-19-33-21-30(29)28-16-17-31(34-22-25-8-4-2-5-9-25)32(20-28)35-23-26-10-6-3-7-11-26/h2-21H,22-23H2,1H3. The molecule has 5 rings (SSSR count). The monoisotopic (exact) mass is 457 g/mol. The third kappa shape index (κ3) is 5.59. The van der Waals surface area contributed by atoms with E-state index in [9.17, 15) is 0 Å². The fourth-order valence-corrected chi connectivity index (χ4v) is 3.99. The highest BCUT2D eigenvalue weighted by molar-refractivity contribution is 5.83. The first-order chi connectivity index (χ1) is 17.3. The molecular formula is C32H27NO2. The van der Waals surface area contributed by atoms with Gasteiger partial charge in [-0.2, -0.15) is 0 Å². The van der Waals surface area contributed by atoms with Gasteiger partial charge in [0.15, 0.2) is 11.5 Å². The van der Waals surface area contributed by atoms with Crippen molar-refractivity contribution in [1.82, 2.24) is 4.98 Å². The Kier molecular flexibility index (Phi) is 6.86. The van der Waals surface area contributed by atoms with E-state index >= 15 is 0 Å². The fraction of sp³-hybridized carbons (Fsp3) is 0.0938. The molecule has 0 bridgehead atoms. The first kappa shape index (κ1) is 22.4. The number of benzene rings is 4. The molecule has 0 aliphatic carbocycles. The van der Waals surface area contributed by atoms with Crippen LogP contribution in [0, 0.1) is 6.92 Å². The van der Waals surface area contributed by atoms with Crippen LogP contribution in [0.4, 0.5) is 0 Å². The van der Waals surface area contributed by atoms with Gasteiger partial charge in [0.25, 0.3) is 0 Å². The van der Waals surface area contributed by atoms with Crippen LogP contribution >= 0.6 is 0 Å². The molecule has 0 saturated carbocycles. The Morgan fingerprint density at radius 2 is 1.17 bits per heavy atom. The highest BCUT2D eigenvalue weighted by Crippen LogP contribution is 2.37. The van der Waals surface area contributed by atoms with Crippen molar-refractivity contribution in [2.75, 3.05) is 0 Å². The molecule has 1 aromatic heterocycles. The van der Waals surface area contributed by atoms with Crippen LogP contribution in [0.3, 0.4) is 0 Å². The van der Waals surface area contributed by atoms with Crippen LogP contribution in [0.5, 0.6) is 11.5 Å². The summed E-state index contributed by atoms with van der Waals surface area (Å²) in [4.78, 5) is 4.41. The Morgan fingerprint density at radius 3 is 1.83 bits per heavy atom. The second-order valence-electron chi connectivity index (χ2n) is 8.50. The zero-order valence-corrected chi connectivity index (χ0v) is 19.7. The molecule has 3 heteroatoms. The third-order valence-electron chi connectivity index (χ3n) is 5.91. The Balaban J connectivity index is 1.48. The zero-order valence-electron chi connectivity index (χ0n) is 19.7. The predicted molar refractivity (Wildman–Crippen MR) is 141 cm³/mol. The third-order valence-corrected chi connectivity index (χ3v) is 5.91. The average molecular weight is 458 g/mol. The molecule has 0 fully saturated rings. The minimum Gasteiger partial charge on any atom is -0.485 e. The maximum absolute atomic E-state index is 6.29. The van der Waals surface area contributed by atoms with E-state index in [2.05, 4.69) is 78.6 Å². The molecule has 0 radical (unpaired) electrons. The van der Waals surface area contributed by atoms with Crippen LogP contribution < -0.4 is 9.47 Å². The molecule has 0 N–H and O–H groups in total. The van der Waals surface area contributed by atoms with Gasteiger partial charge in [-0.05, 0) is 52.9 Å². The van der Waals surface area contributed by atoms with Crippen molar-refractivity contribution in [1.29, 1.82) is 0 Å². The molecule has 5 aromatic rings. The van der Waals surface area contributed by atoms with Crippen LogP contribution in [0.1, 0.15) is 16.7 Å². The number of pyridine rings is 1.